The number of hydrogen-bond acceptors (Lipinski definition) is 3. The third-order valence-electron chi connectivity index (χ3n) is 4.95. The molecular weight excluding hydrogens is 246 g/mol. The second kappa shape index (κ2) is 6.68. The number of nitrogens with one attached hydrogen (secondary N) is 1. The van der Waals surface area contributed by atoms with Crippen LogP contribution in [0.25, 0.3) is 0 Å². The van der Waals surface area contributed by atoms with Crippen molar-refractivity contribution < 1.29 is 0 Å². The highest BCUT2D eigenvalue weighted by Crippen LogP contribution is 2.35. The molecule has 0 amide bonds. The maximum absolute atomic E-state index is 4.79. The lowest BCUT2D eigenvalue weighted by molar-refractivity contribution is 0.0537. The molecule has 1 saturated carbocycles. The molecule has 2 heterocycles. The predicted octanol–water partition coefficient (Wildman–Crippen LogP) is 2.96. The Morgan fingerprint density at radius 1 is 1.15 bits per heavy atom. The van der Waals surface area contributed by atoms with Crippen molar-refractivity contribution in [1.29, 1.82) is 0 Å². The predicted molar refractivity (Wildman–Crippen MR) is 82.4 cm³/mol. The van der Waals surface area contributed by atoms with E-state index in [0.717, 1.165) is 30.7 Å². The Balaban J connectivity index is 1.68. The summed E-state index contributed by atoms with van der Waals surface area (Å²) in [6.45, 7) is 3.16. The van der Waals surface area contributed by atoms with E-state index in [4.69, 9.17) is 4.98 Å². The van der Waals surface area contributed by atoms with E-state index in [2.05, 4.69) is 28.4 Å². The summed E-state index contributed by atoms with van der Waals surface area (Å²) in [6.07, 6.45) is 8.55. The summed E-state index contributed by atoms with van der Waals surface area (Å²) < 4.78 is 0. The normalized spacial score (nSPS) is 27.2. The summed E-state index contributed by atoms with van der Waals surface area (Å²) in [5.74, 6) is 0.956. The first-order valence-electron chi connectivity index (χ1n) is 8.20. The van der Waals surface area contributed by atoms with Gasteiger partial charge in [-0.1, -0.05) is 18.9 Å². The third-order valence-corrected chi connectivity index (χ3v) is 4.95. The first-order valence-corrected chi connectivity index (χ1v) is 8.20. The zero-order valence-corrected chi connectivity index (χ0v) is 12.6. The zero-order chi connectivity index (χ0) is 13.8. The molecule has 2 aliphatic rings. The fraction of sp³-hybridized carbons (Fsp3) is 0.706. The number of rotatable bonds is 4. The number of nitrogens with zero attached hydrogens (tertiary/aromatic N) is 2. The van der Waals surface area contributed by atoms with Crippen molar-refractivity contribution in [2.45, 2.75) is 57.7 Å². The summed E-state index contributed by atoms with van der Waals surface area (Å²) >= 11 is 0. The highest BCUT2D eigenvalue weighted by Gasteiger charge is 2.33. The Labute approximate surface area is 122 Å². The molecule has 20 heavy (non-hydrogen) atoms. The van der Waals surface area contributed by atoms with Crippen molar-refractivity contribution in [2.24, 2.45) is 5.92 Å². The van der Waals surface area contributed by atoms with Gasteiger partial charge < -0.3 is 5.32 Å². The minimum absolute atomic E-state index is 0.826. The maximum Gasteiger partial charge on any atom is 0.0547 e. The quantitative estimate of drug-likeness (QED) is 0.914. The molecule has 3 rings (SSSR count). The van der Waals surface area contributed by atoms with Crippen molar-refractivity contribution in [3.05, 3.63) is 29.6 Å². The molecule has 1 N–H and O–H groups in total. The average Bonchev–Trinajstić information content (AvgIpc) is 2.48. The van der Waals surface area contributed by atoms with Gasteiger partial charge in [0.25, 0.3) is 0 Å². The Morgan fingerprint density at radius 2 is 1.95 bits per heavy atom. The Morgan fingerprint density at radius 3 is 2.85 bits per heavy atom. The molecule has 1 saturated heterocycles. The van der Waals surface area contributed by atoms with Crippen LogP contribution in [0.4, 0.5) is 0 Å². The second-order valence-electron chi connectivity index (χ2n) is 6.38. The summed E-state index contributed by atoms with van der Waals surface area (Å²) in [5, 5.41) is 3.18. The van der Waals surface area contributed by atoms with Crippen LogP contribution in [0.1, 0.15) is 49.9 Å². The van der Waals surface area contributed by atoms with Crippen LogP contribution in [0.5, 0.6) is 0 Å². The number of aromatic nitrogens is 1. The van der Waals surface area contributed by atoms with Gasteiger partial charge in [-0.2, -0.15) is 0 Å². The molecule has 2 atom stereocenters. The van der Waals surface area contributed by atoms with Crippen LogP contribution in [0.15, 0.2) is 18.2 Å². The number of fused-ring (bicyclic) bond motifs is 1. The van der Waals surface area contributed by atoms with Crippen LogP contribution in [0.3, 0.4) is 0 Å². The van der Waals surface area contributed by atoms with E-state index in [1.54, 1.807) is 0 Å². The monoisotopic (exact) mass is 273 g/mol. The SMILES string of the molecule is CNCc1cccc(CN2CCC[C@H]3CCCC[C@H]32)n1. The fourth-order valence-electron chi connectivity index (χ4n) is 4.03. The molecule has 110 valence electrons. The number of hydrogen-bond donors (Lipinski definition) is 1. The lowest BCUT2D eigenvalue weighted by Gasteiger charge is -2.44. The largest absolute Gasteiger partial charge is 0.314 e. The van der Waals surface area contributed by atoms with E-state index in [-0.39, 0.29) is 0 Å². The highest BCUT2D eigenvalue weighted by atomic mass is 15.2. The number of pyridine rings is 1. The highest BCUT2D eigenvalue weighted by molar-refractivity contribution is 5.11. The van der Waals surface area contributed by atoms with E-state index in [9.17, 15) is 0 Å². The van der Waals surface area contributed by atoms with Crippen molar-refractivity contribution >= 4 is 0 Å². The van der Waals surface area contributed by atoms with Crippen LogP contribution in [-0.4, -0.2) is 29.5 Å². The average molecular weight is 273 g/mol. The molecule has 1 aliphatic carbocycles. The van der Waals surface area contributed by atoms with Crippen LogP contribution in [0.2, 0.25) is 0 Å². The van der Waals surface area contributed by atoms with Gasteiger partial charge in [0.05, 0.1) is 11.4 Å². The van der Waals surface area contributed by atoms with E-state index >= 15 is 0 Å². The third kappa shape index (κ3) is 3.21. The van der Waals surface area contributed by atoms with Crippen molar-refractivity contribution in [2.75, 3.05) is 13.6 Å². The maximum atomic E-state index is 4.79. The molecule has 3 heteroatoms. The Bertz CT molecular complexity index is 430. The van der Waals surface area contributed by atoms with Gasteiger partial charge in [-0.25, -0.2) is 0 Å². The molecule has 3 nitrogen and oxygen atoms in total. The van der Waals surface area contributed by atoms with Gasteiger partial charge in [0.2, 0.25) is 0 Å². The molecule has 1 aliphatic heterocycles. The van der Waals surface area contributed by atoms with Gasteiger partial charge in [-0.3, -0.25) is 9.88 Å². The molecule has 0 unspecified atom stereocenters. The Hall–Kier alpha value is -0.930. The summed E-state index contributed by atoms with van der Waals surface area (Å²) in [7, 11) is 1.98. The Kier molecular flexibility index (Phi) is 4.69. The van der Waals surface area contributed by atoms with Crippen molar-refractivity contribution in [3.63, 3.8) is 0 Å². The van der Waals surface area contributed by atoms with Gasteiger partial charge >= 0.3 is 0 Å². The molecular formula is C17H27N3. The van der Waals surface area contributed by atoms with Crippen molar-refractivity contribution in [3.8, 4) is 0 Å². The lowest BCUT2D eigenvalue weighted by Crippen LogP contribution is -2.46. The lowest BCUT2D eigenvalue weighted by atomic mass is 9.78. The molecule has 0 bridgehead atoms. The molecule has 0 spiro atoms. The molecule has 1 aromatic rings. The van der Waals surface area contributed by atoms with Crippen LogP contribution >= 0.6 is 0 Å². The summed E-state index contributed by atoms with van der Waals surface area (Å²) in [5.41, 5.74) is 2.39. The summed E-state index contributed by atoms with van der Waals surface area (Å²) in [6, 6.07) is 7.27. The van der Waals surface area contributed by atoms with Crippen molar-refractivity contribution in [1.82, 2.24) is 15.2 Å². The van der Waals surface area contributed by atoms with Gasteiger partial charge in [0.15, 0.2) is 0 Å². The second-order valence-corrected chi connectivity index (χ2v) is 6.38. The minimum atomic E-state index is 0.826. The number of piperidine rings is 1. The smallest absolute Gasteiger partial charge is 0.0547 e. The van der Waals surface area contributed by atoms with Crippen LogP contribution in [-0.2, 0) is 13.1 Å². The van der Waals surface area contributed by atoms with Gasteiger partial charge in [-0.05, 0) is 57.3 Å². The van der Waals surface area contributed by atoms with E-state index in [1.165, 1.54) is 50.8 Å². The number of likely N-dealkylation sites (tertiary alicyclic amines) is 1. The zero-order valence-electron chi connectivity index (χ0n) is 12.6. The van der Waals surface area contributed by atoms with Crippen LogP contribution in [0, 0.1) is 5.92 Å². The van der Waals surface area contributed by atoms with E-state index < -0.39 is 0 Å². The van der Waals surface area contributed by atoms with E-state index in [1.807, 2.05) is 7.05 Å². The summed E-state index contributed by atoms with van der Waals surface area (Å²) in [4.78, 5) is 7.50. The minimum Gasteiger partial charge on any atom is -0.314 e. The van der Waals surface area contributed by atoms with Gasteiger partial charge in [0, 0.05) is 19.1 Å². The fourth-order valence-corrected chi connectivity index (χ4v) is 4.03. The van der Waals surface area contributed by atoms with Crippen LogP contribution < -0.4 is 5.32 Å². The first kappa shape index (κ1) is 14.0. The molecule has 1 aromatic heterocycles. The molecule has 2 fully saturated rings. The molecule has 0 aromatic carbocycles. The standard InChI is InChI=1S/C17H27N3/c1-18-12-15-8-4-9-16(19-15)13-20-11-5-7-14-6-2-3-10-17(14)20/h4,8-9,14,17-18H,2-3,5-7,10-13H2,1H3/t14-,17-/m1/s1. The first-order chi connectivity index (χ1) is 9.86. The van der Waals surface area contributed by atoms with E-state index in [0.29, 0.717) is 0 Å². The van der Waals surface area contributed by atoms with Gasteiger partial charge in [-0.15, -0.1) is 0 Å². The molecule has 0 radical (unpaired) electrons. The van der Waals surface area contributed by atoms with Gasteiger partial charge in [0.1, 0.15) is 0 Å². The topological polar surface area (TPSA) is 28.2 Å².